The lowest BCUT2D eigenvalue weighted by Gasteiger charge is -2.39. The second kappa shape index (κ2) is 6.31. The molecule has 0 bridgehead atoms. The predicted octanol–water partition coefficient (Wildman–Crippen LogP) is 1.54. The molecule has 0 aromatic carbocycles. The topological polar surface area (TPSA) is 54.0 Å². The van der Waals surface area contributed by atoms with Crippen molar-refractivity contribution in [3.8, 4) is 0 Å². The molecule has 19 heavy (non-hydrogen) atoms. The number of rotatable bonds is 3. The van der Waals surface area contributed by atoms with E-state index in [-0.39, 0.29) is 36.3 Å². The van der Waals surface area contributed by atoms with E-state index in [1.165, 1.54) is 0 Å². The Hall–Kier alpha value is -0.490. The summed E-state index contributed by atoms with van der Waals surface area (Å²) in [6.45, 7) is 6.38. The molecular formula is C14H24O5. The summed E-state index contributed by atoms with van der Waals surface area (Å²) in [6.07, 6.45) is 0.534. The van der Waals surface area contributed by atoms with Crippen LogP contribution in [0.2, 0.25) is 0 Å². The van der Waals surface area contributed by atoms with Crippen LogP contribution in [0.15, 0.2) is 0 Å². The van der Waals surface area contributed by atoms with Crippen molar-refractivity contribution in [2.75, 3.05) is 13.7 Å². The van der Waals surface area contributed by atoms with Gasteiger partial charge in [-0.15, -0.1) is 0 Å². The molecule has 6 unspecified atom stereocenters. The van der Waals surface area contributed by atoms with Gasteiger partial charge in [0.25, 0.3) is 0 Å². The zero-order valence-electron chi connectivity index (χ0n) is 12.1. The lowest BCUT2D eigenvalue weighted by molar-refractivity contribution is -0.259. The minimum Gasteiger partial charge on any atom is -0.379 e. The average molecular weight is 272 g/mol. The molecule has 5 heteroatoms. The summed E-state index contributed by atoms with van der Waals surface area (Å²) >= 11 is 0. The number of hydrogen-bond acceptors (Lipinski definition) is 5. The van der Waals surface area contributed by atoms with E-state index in [1.54, 1.807) is 14.0 Å². The first-order chi connectivity index (χ1) is 9.02. The second-order valence-corrected chi connectivity index (χ2v) is 5.49. The number of methoxy groups -OCH3 is 1. The highest BCUT2D eigenvalue weighted by Crippen LogP contribution is 2.27. The Morgan fingerprint density at radius 1 is 1.26 bits per heavy atom. The fraction of sp³-hybridized carbons (Fsp3) is 0.929. The summed E-state index contributed by atoms with van der Waals surface area (Å²) in [5.41, 5.74) is 0. The largest absolute Gasteiger partial charge is 0.379 e. The maximum absolute atomic E-state index is 11.7. The van der Waals surface area contributed by atoms with E-state index in [0.717, 1.165) is 6.42 Å². The van der Waals surface area contributed by atoms with Crippen molar-refractivity contribution in [3.63, 3.8) is 0 Å². The fourth-order valence-electron chi connectivity index (χ4n) is 2.80. The second-order valence-electron chi connectivity index (χ2n) is 5.49. The molecular weight excluding hydrogens is 248 g/mol. The van der Waals surface area contributed by atoms with Gasteiger partial charge in [0, 0.05) is 26.1 Å². The van der Waals surface area contributed by atoms with Crippen LogP contribution in [0, 0.1) is 5.92 Å². The lowest BCUT2D eigenvalue weighted by Crippen LogP contribution is -2.50. The molecule has 0 aromatic heterocycles. The summed E-state index contributed by atoms with van der Waals surface area (Å²) in [4.78, 5) is 11.7. The highest BCUT2D eigenvalue weighted by atomic mass is 16.7. The number of ether oxygens (including phenoxy) is 4. The van der Waals surface area contributed by atoms with Gasteiger partial charge in [0.05, 0.1) is 12.2 Å². The Bertz CT molecular complexity index is 305. The number of carbonyl (C=O) groups is 1. The zero-order chi connectivity index (χ0) is 14.0. The maximum Gasteiger partial charge on any atom is 0.164 e. The van der Waals surface area contributed by atoms with E-state index in [9.17, 15) is 4.79 Å². The summed E-state index contributed by atoms with van der Waals surface area (Å²) in [6, 6.07) is 0. The quantitative estimate of drug-likeness (QED) is 0.780. The van der Waals surface area contributed by atoms with Crippen LogP contribution < -0.4 is 0 Å². The Morgan fingerprint density at radius 2 is 2.00 bits per heavy atom. The zero-order valence-corrected chi connectivity index (χ0v) is 12.1. The Kier molecular flexibility index (Phi) is 4.95. The monoisotopic (exact) mass is 272 g/mol. The molecule has 5 nitrogen and oxygen atoms in total. The third-order valence-corrected chi connectivity index (χ3v) is 4.01. The molecule has 2 aliphatic heterocycles. The minimum atomic E-state index is -0.394. The first-order valence-corrected chi connectivity index (χ1v) is 7.02. The minimum absolute atomic E-state index is 0.0189. The molecule has 2 saturated heterocycles. The molecule has 0 spiro atoms. The van der Waals surface area contributed by atoms with Crippen molar-refractivity contribution in [2.45, 2.75) is 64.3 Å². The SMILES string of the molecule is COC1CCOC(C)C1OC1CC(C)C(=O)C(C)O1. The number of Topliss-reactive ketones (excluding diaryl/α,β-unsaturated/α-hetero) is 1. The smallest absolute Gasteiger partial charge is 0.164 e. The highest BCUT2D eigenvalue weighted by Gasteiger charge is 2.38. The van der Waals surface area contributed by atoms with Gasteiger partial charge in [0.15, 0.2) is 12.1 Å². The highest BCUT2D eigenvalue weighted by molar-refractivity contribution is 5.85. The molecule has 0 amide bonds. The fourth-order valence-corrected chi connectivity index (χ4v) is 2.80. The Labute approximate surface area is 114 Å². The summed E-state index contributed by atoms with van der Waals surface area (Å²) in [7, 11) is 1.69. The molecule has 0 aromatic rings. The van der Waals surface area contributed by atoms with E-state index >= 15 is 0 Å². The van der Waals surface area contributed by atoms with Crippen LogP contribution in [0.4, 0.5) is 0 Å². The van der Waals surface area contributed by atoms with Gasteiger partial charge in [0.1, 0.15) is 12.2 Å². The van der Waals surface area contributed by atoms with Crippen LogP contribution in [0.3, 0.4) is 0 Å². The third kappa shape index (κ3) is 3.34. The van der Waals surface area contributed by atoms with E-state index in [0.29, 0.717) is 13.0 Å². The lowest BCUT2D eigenvalue weighted by atomic mass is 9.95. The molecule has 0 radical (unpaired) electrons. The Balaban J connectivity index is 1.97. The van der Waals surface area contributed by atoms with Crippen molar-refractivity contribution in [1.82, 2.24) is 0 Å². The van der Waals surface area contributed by atoms with E-state index in [4.69, 9.17) is 18.9 Å². The van der Waals surface area contributed by atoms with Gasteiger partial charge < -0.3 is 18.9 Å². The van der Waals surface area contributed by atoms with E-state index < -0.39 is 6.10 Å². The van der Waals surface area contributed by atoms with Crippen molar-refractivity contribution in [3.05, 3.63) is 0 Å². The van der Waals surface area contributed by atoms with E-state index in [2.05, 4.69) is 0 Å². The van der Waals surface area contributed by atoms with Crippen LogP contribution in [-0.4, -0.2) is 50.2 Å². The summed E-state index contributed by atoms with van der Waals surface area (Å²) in [5.74, 6) is 0.130. The van der Waals surface area contributed by atoms with Gasteiger partial charge in [-0.1, -0.05) is 6.92 Å². The van der Waals surface area contributed by atoms with Gasteiger partial charge >= 0.3 is 0 Å². The van der Waals surface area contributed by atoms with Gasteiger partial charge in [0.2, 0.25) is 0 Å². The molecule has 2 heterocycles. The standard InChI is InChI=1S/C14H24O5/c1-8-7-12(18-9(2)13(8)15)19-14-10(3)17-6-5-11(14)16-4/h8-12,14H,5-7H2,1-4H3. The summed E-state index contributed by atoms with van der Waals surface area (Å²) < 4.78 is 22.7. The molecule has 0 saturated carbocycles. The van der Waals surface area contributed by atoms with Crippen LogP contribution in [-0.2, 0) is 23.7 Å². The van der Waals surface area contributed by atoms with Gasteiger partial charge in [-0.25, -0.2) is 0 Å². The molecule has 0 aliphatic carbocycles. The maximum atomic E-state index is 11.7. The first kappa shape index (κ1) is 14.9. The van der Waals surface area contributed by atoms with Gasteiger partial charge in [-0.05, 0) is 20.3 Å². The number of hydrogen-bond donors (Lipinski definition) is 0. The number of carbonyl (C=O) groups excluding carboxylic acids is 1. The van der Waals surface area contributed by atoms with Crippen molar-refractivity contribution in [1.29, 1.82) is 0 Å². The molecule has 2 fully saturated rings. The molecule has 110 valence electrons. The molecule has 0 N–H and O–H groups in total. The van der Waals surface area contributed by atoms with Gasteiger partial charge in [-0.3, -0.25) is 4.79 Å². The molecule has 2 aliphatic rings. The van der Waals surface area contributed by atoms with Crippen molar-refractivity contribution < 1.29 is 23.7 Å². The van der Waals surface area contributed by atoms with Crippen LogP contribution in [0.5, 0.6) is 0 Å². The molecule has 6 atom stereocenters. The normalized spacial score (nSPS) is 44.3. The number of ketones is 1. The predicted molar refractivity (Wildman–Crippen MR) is 68.8 cm³/mol. The van der Waals surface area contributed by atoms with Crippen molar-refractivity contribution in [2.24, 2.45) is 5.92 Å². The van der Waals surface area contributed by atoms with Crippen LogP contribution >= 0.6 is 0 Å². The summed E-state index contributed by atoms with van der Waals surface area (Å²) in [5, 5.41) is 0. The first-order valence-electron chi connectivity index (χ1n) is 7.02. The third-order valence-electron chi connectivity index (χ3n) is 4.01. The van der Waals surface area contributed by atoms with Gasteiger partial charge in [-0.2, -0.15) is 0 Å². The van der Waals surface area contributed by atoms with Crippen molar-refractivity contribution >= 4 is 5.78 Å². The van der Waals surface area contributed by atoms with E-state index in [1.807, 2.05) is 13.8 Å². The average Bonchev–Trinajstić information content (AvgIpc) is 2.38. The Morgan fingerprint density at radius 3 is 2.63 bits per heavy atom. The van der Waals surface area contributed by atoms with Crippen LogP contribution in [0.25, 0.3) is 0 Å². The van der Waals surface area contributed by atoms with Crippen LogP contribution in [0.1, 0.15) is 33.6 Å². The molecule has 2 rings (SSSR count).